The molecular weight excluding hydrogens is 282 g/mol. The number of nitrogens with zero attached hydrogens (tertiary/aromatic N) is 2. The number of aliphatic hydroxyl groups is 1. The second kappa shape index (κ2) is 7.09. The number of benzene rings is 1. The van der Waals surface area contributed by atoms with E-state index in [0.29, 0.717) is 12.3 Å². The molecule has 22 heavy (non-hydrogen) atoms. The maximum Gasteiger partial charge on any atom is 0.275 e. The summed E-state index contributed by atoms with van der Waals surface area (Å²) in [6.07, 6.45) is 2.04. The zero-order valence-corrected chi connectivity index (χ0v) is 12.7. The molecule has 6 heteroatoms. The molecule has 1 atom stereocenters. The molecule has 0 bridgehead atoms. The Labute approximate surface area is 129 Å². The van der Waals surface area contributed by atoms with Crippen LogP contribution in [0.4, 0.5) is 0 Å². The van der Waals surface area contributed by atoms with Crippen molar-refractivity contribution in [1.29, 1.82) is 0 Å². The van der Waals surface area contributed by atoms with Gasteiger partial charge >= 0.3 is 0 Å². The summed E-state index contributed by atoms with van der Waals surface area (Å²) in [6.45, 7) is 3.87. The molecule has 2 aromatic rings. The van der Waals surface area contributed by atoms with Gasteiger partial charge in [-0.05, 0) is 24.5 Å². The number of amides is 1. The average Bonchev–Trinajstić information content (AvgIpc) is 2.89. The fourth-order valence-electron chi connectivity index (χ4n) is 2.24. The van der Waals surface area contributed by atoms with Gasteiger partial charge in [-0.2, -0.15) is 5.10 Å². The van der Waals surface area contributed by atoms with Crippen molar-refractivity contribution in [3.8, 4) is 11.4 Å². The fraction of sp³-hybridized carbons (Fsp3) is 0.375. The minimum atomic E-state index is -0.494. The molecule has 0 aliphatic rings. The van der Waals surface area contributed by atoms with E-state index in [9.17, 15) is 15.0 Å². The Morgan fingerprint density at radius 1 is 1.32 bits per heavy atom. The van der Waals surface area contributed by atoms with Crippen LogP contribution in [-0.2, 0) is 0 Å². The summed E-state index contributed by atoms with van der Waals surface area (Å²) in [5.41, 5.74) is 0.698. The summed E-state index contributed by atoms with van der Waals surface area (Å²) in [4.78, 5) is 12.2. The fourth-order valence-corrected chi connectivity index (χ4v) is 2.24. The molecule has 118 valence electrons. The summed E-state index contributed by atoms with van der Waals surface area (Å²) in [7, 11) is 0. The largest absolute Gasteiger partial charge is 0.504 e. The SMILES string of the molecule is CC(C)CC(CO)NC(=O)c1nn(-c2ccccc2)cc1O. The second-order valence-corrected chi connectivity index (χ2v) is 5.63. The normalized spacial score (nSPS) is 12.4. The number of aromatic hydroxyl groups is 1. The lowest BCUT2D eigenvalue weighted by Crippen LogP contribution is -2.38. The van der Waals surface area contributed by atoms with Gasteiger partial charge in [0.1, 0.15) is 0 Å². The van der Waals surface area contributed by atoms with Gasteiger partial charge in [-0.25, -0.2) is 4.68 Å². The lowest BCUT2D eigenvalue weighted by molar-refractivity contribution is 0.0900. The van der Waals surface area contributed by atoms with E-state index in [2.05, 4.69) is 10.4 Å². The van der Waals surface area contributed by atoms with E-state index in [1.807, 2.05) is 44.2 Å². The van der Waals surface area contributed by atoms with Crippen molar-refractivity contribution in [3.05, 3.63) is 42.2 Å². The van der Waals surface area contributed by atoms with Gasteiger partial charge in [0.2, 0.25) is 0 Å². The topological polar surface area (TPSA) is 87.4 Å². The first-order valence-electron chi connectivity index (χ1n) is 7.27. The van der Waals surface area contributed by atoms with Crippen LogP contribution >= 0.6 is 0 Å². The number of hydrogen-bond acceptors (Lipinski definition) is 4. The first-order valence-corrected chi connectivity index (χ1v) is 7.27. The molecule has 0 fully saturated rings. The summed E-state index contributed by atoms with van der Waals surface area (Å²) >= 11 is 0. The quantitative estimate of drug-likeness (QED) is 0.758. The lowest BCUT2D eigenvalue weighted by atomic mass is 10.0. The van der Waals surface area contributed by atoms with Gasteiger partial charge in [0.15, 0.2) is 11.4 Å². The molecule has 0 spiro atoms. The van der Waals surface area contributed by atoms with Crippen molar-refractivity contribution in [1.82, 2.24) is 15.1 Å². The Morgan fingerprint density at radius 2 is 2.00 bits per heavy atom. The van der Waals surface area contributed by atoms with Gasteiger partial charge < -0.3 is 15.5 Å². The van der Waals surface area contributed by atoms with Crippen LogP contribution in [0.1, 0.15) is 30.8 Å². The third kappa shape index (κ3) is 3.85. The zero-order chi connectivity index (χ0) is 16.1. The molecule has 0 saturated carbocycles. The molecule has 1 amide bonds. The van der Waals surface area contributed by atoms with Crippen LogP contribution in [-0.4, -0.2) is 38.5 Å². The highest BCUT2D eigenvalue weighted by Gasteiger charge is 2.20. The Balaban J connectivity index is 2.15. The third-order valence-corrected chi connectivity index (χ3v) is 3.24. The number of carbonyl (C=O) groups is 1. The van der Waals surface area contributed by atoms with Crippen LogP contribution < -0.4 is 5.32 Å². The van der Waals surface area contributed by atoms with Crippen molar-refractivity contribution in [2.24, 2.45) is 5.92 Å². The maximum atomic E-state index is 12.2. The van der Waals surface area contributed by atoms with Crippen molar-refractivity contribution in [3.63, 3.8) is 0 Å². The number of rotatable bonds is 6. The Kier molecular flexibility index (Phi) is 5.16. The molecule has 0 aliphatic heterocycles. The van der Waals surface area contributed by atoms with E-state index in [1.54, 1.807) is 0 Å². The Hall–Kier alpha value is -2.34. The molecule has 1 aromatic heterocycles. The minimum Gasteiger partial charge on any atom is -0.504 e. The predicted octanol–water partition coefficient (Wildman–Crippen LogP) is 1.71. The van der Waals surface area contributed by atoms with Gasteiger partial charge in [0.05, 0.1) is 24.5 Å². The molecular formula is C16H21N3O3. The first kappa shape index (κ1) is 16.0. The van der Waals surface area contributed by atoms with Crippen LogP contribution in [0.5, 0.6) is 5.75 Å². The van der Waals surface area contributed by atoms with E-state index in [4.69, 9.17) is 0 Å². The highest BCUT2D eigenvalue weighted by atomic mass is 16.3. The summed E-state index contributed by atoms with van der Waals surface area (Å²) in [6, 6.07) is 8.86. The standard InChI is InChI=1S/C16H21N3O3/c1-11(2)8-12(10-20)17-16(22)15-14(21)9-19(18-15)13-6-4-3-5-7-13/h3-7,9,11-12,20-21H,8,10H2,1-2H3,(H,17,22). The van der Waals surface area contributed by atoms with Crippen LogP contribution in [0.15, 0.2) is 36.5 Å². The van der Waals surface area contributed by atoms with Gasteiger partial charge in [0.25, 0.3) is 5.91 Å². The van der Waals surface area contributed by atoms with Crippen LogP contribution in [0, 0.1) is 5.92 Å². The molecule has 1 heterocycles. The molecule has 1 aromatic carbocycles. The lowest BCUT2D eigenvalue weighted by Gasteiger charge is -2.17. The summed E-state index contributed by atoms with van der Waals surface area (Å²) in [5.74, 6) is -0.345. The Bertz CT molecular complexity index is 623. The smallest absolute Gasteiger partial charge is 0.275 e. The maximum absolute atomic E-state index is 12.2. The van der Waals surface area contributed by atoms with E-state index in [-0.39, 0.29) is 24.1 Å². The van der Waals surface area contributed by atoms with Crippen molar-refractivity contribution in [2.75, 3.05) is 6.61 Å². The molecule has 0 aliphatic carbocycles. The molecule has 2 rings (SSSR count). The average molecular weight is 303 g/mol. The number of hydrogen-bond donors (Lipinski definition) is 3. The minimum absolute atomic E-state index is 0.0499. The second-order valence-electron chi connectivity index (χ2n) is 5.63. The van der Waals surface area contributed by atoms with Crippen LogP contribution in [0.25, 0.3) is 5.69 Å². The van der Waals surface area contributed by atoms with Crippen molar-refractivity contribution < 1.29 is 15.0 Å². The van der Waals surface area contributed by atoms with Gasteiger partial charge in [0, 0.05) is 0 Å². The molecule has 0 radical (unpaired) electrons. The van der Waals surface area contributed by atoms with Crippen molar-refractivity contribution in [2.45, 2.75) is 26.3 Å². The monoisotopic (exact) mass is 303 g/mol. The number of aromatic nitrogens is 2. The highest BCUT2D eigenvalue weighted by molar-refractivity contribution is 5.95. The zero-order valence-electron chi connectivity index (χ0n) is 12.7. The highest BCUT2D eigenvalue weighted by Crippen LogP contribution is 2.18. The van der Waals surface area contributed by atoms with Gasteiger partial charge in [-0.15, -0.1) is 0 Å². The van der Waals surface area contributed by atoms with E-state index in [0.717, 1.165) is 5.69 Å². The van der Waals surface area contributed by atoms with Gasteiger partial charge in [-0.3, -0.25) is 4.79 Å². The van der Waals surface area contributed by atoms with Crippen LogP contribution in [0.2, 0.25) is 0 Å². The third-order valence-electron chi connectivity index (χ3n) is 3.24. The predicted molar refractivity (Wildman–Crippen MR) is 83.0 cm³/mol. The number of nitrogens with one attached hydrogen (secondary N) is 1. The molecule has 0 saturated heterocycles. The molecule has 3 N–H and O–H groups in total. The van der Waals surface area contributed by atoms with E-state index < -0.39 is 5.91 Å². The number of aliphatic hydroxyl groups excluding tert-OH is 1. The van der Waals surface area contributed by atoms with E-state index in [1.165, 1.54) is 10.9 Å². The summed E-state index contributed by atoms with van der Waals surface area (Å²) < 4.78 is 1.45. The molecule has 1 unspecified atom stereocenters. The Morgan fingerprint density at radius 3 is 2.59 bits per heavy atom. The molecule has 6 nitrogen and oxygen atoms in total. The number of para-hydroxylation sites is 1. The van der Waals surface area contributed by atoms with Gasteiger partial charge in [-0.1, -0.05) is 32.0 Å². The van der Waals surface area contributed by atoms with E-state index >= 15 is 0 Å². The first-order chi connectivity index (χ1) is 10.5. The van der Waals surface area contributed by atoms with Crippen molar-refractivity contribution >= 4 is 5.91 Å². The van der Waals surface area contributed by atoms with Crippen LogP contribution in [0.3, 0.4) is 0 Å². The summed E-state index contributed by atoms with van der Waals surface area (Å²) in [5, 5.41) is 26.1. The number of carbonyl (C=O) groups excluding carboxylic acids is 1.